The largest absolute Gasteiger partial charge is 0.416 e. The zero-order chi connectivity index (χ0) is 15.7. The van der Waals surface area contributed by atoms with Crippen LogP contribution in [0.3, 0.4) is 0 Å². The van der Waals surface area contributed by atoms with Crippen molar-refractivity contribution >= 4 is 38.4 Å². The highest BCUT2D eigenvalue weighted by Gasteiger charge is 2.30. The van der Waals surface area contributed by atoms with Gasteiger partial charge in [-0.1, -0.05) is 0 Å². The Hall–Kier alpha value is -1.36. The summed E-state index contributed by atoms with van der Waals surface area (Å²) in [5.74, 6) is 0.0929. The molecule has 1 aromatic heterocycles. The molecule has 0 saturated carbocycles. The topological polar surface area (TPSA) is 59.1 Å². The van der Waals surface area contributed by atoms with Crippen LogP contribution >= 0.6 is 22.6 Å². The third kappa shape index (κ3) is 4.06. The lowest BCUT2D eigenvalue weighted by Crippen LogP contribution is -2.14. The van der Waals surface area contributed by atoms with Gasteiger partial charge in [-0.05, 0) is 59.0 Å². The summed E-state index contributed by atoms with van der Waals surface area (Å²) in [7, 11) is -3.97. The van der Waals surface area contributed by atoms with Crippen LogP contribution < -0.4 is 4.72 Å². The van der Waals surface area contributed by atoms with Crippen molar-refractivity contribution in [2.45, 2.75) is 11.1 Å². The van der Waals surface area contributed by atoms with Gasteiger partial charge in [0, 0.05) is 9.77 Å². The zero-order valence-corrected chi connectivity index (χ0v) is 13.2. The van der Waals surface area contributed by atoms with Crippen LogP contribution in [0.2, 0.25) is 0 Å². The number of sulfonamides is 1. The average molecular weight is 428 g/mol. The van der Waals surface area contributed by atoms with E-state index < -0.39 is 21.8 Å². The Morgan fingerprint density at radius 2 is 1.67 bits per heavy atom. The molecule has 0 spiro atoms. The molecule has 1 N–H and O–H groups in total. The summed E-state index contributed by atoms with van der Waals surface area (Å²) in [6.45, 7) is 0. The zero-order valence-electron chi connectivity index (χ0n) is 10.2. The summed E-state index contributed by atoms with van der Waals surface area (Å²) in [4.78, 5) is 3.60. The summed E-state index contributed by atoms with van der Waals surface area (Å²) < 4.78 is 64.3. The minimum absolute atomic E-state index is 0.0929. The fraction of sp³-hybridized carbons (Fsp3) is 0.0833. The summed E-state index contributed by atoms with van der Waals surface area (Å²) in [6, 6.07) is 6.35. The Balaban J connectivity index is 2.25. The van der Waals surface area contributed by atoms with Crippen LogP contribution in [0.15, 0.2) is 47.5 Å². The maximum atomic E-state index is 12.4. The van der Waals surface area contributed by atoms with Crippen molar-refractivity contribution in [3.63, 3.8) is 0 Å². The predicted octanol–water partition coefficient (Wildman–Crippen LogP) is 3.51. The Bertz CT molecular complexity index is 729. The molecule has 1 heterocycles. The second kappa shape index (κ2) is 5.79. The number of nitrogens with zero attached hydrogens (tertiary/aromatic N) is 1. The maximum absolute atomic E-state index is 12.4. The van der Waals surface area contributed by atoms with Gasteiger partial charge in [0.1, 0.15) is 5.82 Å². The van der Waals surface area contributed by atoms with Gasteiger partial charge in [-0.2, -0.15) is 13.2 Å². The van der Waals surface area contributed by atoms with Crippen LogP contribution in [0.4, 0.5) is 19.0 Å². The third-order valence-electron chi connectivity index (χ3n) is 2.46. The lowest BCUT2D eigenvalue weighted by atomic mass is 10.2. The fourth-order valence-electron chi connectivity index (χ4n) is 1.46. The molecule has 1 aromatic carbocycles. The SMILES string of the molecule is O=S(=O)(Nc1ccc(I)cn1)c1ccc(C(F)(F)F)cc1. The smallest absolute Gasteiger partial charge is 0.263 e. The van der Waals surface area contributed by atoms with Crippen molar-refractivity contribution in [2.75, 3.05) is 4.72 Å². The first-order valence-corrected chi connectivity index (χ1v) is 8.06. The van der Waals surface area contributed by atoms with E-state index in [1.165, 1.54) is 12.3 Å². The number of nitrogens with one attached hydrogen (secondary N) is 1. The Morgan fingerprint density at radius 3 is 2.14 bits per heavy atom. The summed E-state index contributed by atoms with van der Waals surface area (Å²) in [5, 5.41) is 0. The Kier molecular flexibility index (Phi) is 4.42. The van der Waals surface area contributed by atoms with Crippen molar-refractivity contribution in [1.29, 1.82) is 0 Å². The fourth-order valence-corrected chi connectivity index (χ4v) is 2.78. The molecule has 0 amide bonds. The average Bonchev–Trinajstić information content (AvgIpc) is 2.40. The first kappa shape index (κ1) is 16.0. The second-order valence-electron chi connectivity index (χ2n) is 3.99. The van der Waals surface area contributed by atoms with Crippen molar-refractivity contribution in [3.05, 3.63) is 51.7 Å². The van der Waals surface area contributed by atoms with E-state index in [2.05, 4.69) is 9.71 Å². The van der Waals surface area contributed by atoms with Crippen LogP contribution in [0.5, 0.6) is 0 Å². The highest BCUT2D eigenvalue weighted by molar-refractivity contribution is 14.1. The molecule has 112 valence electrons. The highest BCUT2D eigenvalue weighted by atomic mass is 127. The molecule has 0 fully saturated rings. The van der Waals surface area contributed by atoms with Gasteiger partial charge in [0.05, 0.1) is 10.5 Å². The molecular formula is C12H8F3IN2O2S. The Labute approximate surface area is 132 Å². The van der Waals surface area contributed by atoms with Gasteiger partial charge in [0.25, 0.3) is 10.0 Å². The molecular weight excluding hydrogens is 420 g/mol. The molecule has 0 radical (unpaired) electrons. The van der Waals surface area contributed by atoms with Crippen LogP contribution in [0.1, 0.15) is 5.56 Å². The van der Waals surface area contributed by atoms with Gasteiger partial charge < -0.3 is 0 Å². The minimum atomic E-state index is -4.51. The standard InChI is InChI=1S/C12H8F3IN2O2S/c13-12(14,15)8-1-4-10(5-2-8)21(19,20)18-11-6-3-9(16)7-17-11/h1-7H,(H,17,18). The van der Waals surface area contributed by atoms with Crippen molar-refractivity contribution in [1.82, 2.24) is 4.98 Å². The number of benzene rings is 1. The first-order chi connectivity index (χ1) is 9.68. The van der Waals surface area contributed by atoms with E-state index in [0.717, 1.165) is 27.8 Å². The molecule has 21 heavy (non-hydrogen) atoms. The van der Waals surface area contributed by atoms with Crippen molar-refractivity contribution < 1.29 is 21.6 Å². The monoisotopic (exact) mass is 428 g/mol. The van der Waals surface area contributed by atoms with Gasteiger partial charge in [-0.25, -0.2) is 13.4 Å². The molecule has 0 aliphatic rings. The third-order valence-corrected chi connectivity index (χ3v) is 4.47. The van der Waals surface area contributed by atoms with E-state index in [0.29, 0.717) is 0 Å². The van der Waals surface area contributed by atoms with Crippen LogP contribution in [0.25, 0.3) is 0 Å². The normalized spacial score (nSPS) is 12.2. The molecule has 2 rings (SSSR count). The number of halogens is 4. The lowest BCUT2D eigenvalue weighted by molar-refractivity contribution is -0.137. The second-order valence-corrected chi connectivity index (χ2v) is 6.92. The summed E-state index contributed by atoms with van der Waals surface area (Å²) >= 11 is 2.01. The number of hydrogen-bond donors (Lipinski definition) is 1. The van der Waals surface area contributed by atoms with Gasteiger partial charge in [-0.15, -0.1) is 0 Å². The highest BCUT2D eigenvalue weighted by Crippen LogP contribution is 2.29. The molecule has 0 aliphatic heterocycles. The number of alkyl halides is 3. The number of hydrogen-bond acceptors (Lipinski definition) is 3. The van der Waals surface area contributed by atoms with E-state index in [4.69, 9.17) is 0 Å². The molecule has 4 nitrogen and oxygen atoms in total. The first-order valence-electron chi connectivity index (χ1n) is 5.50. The van der Waals surface area contributed by atoms with Gasteiger partial charge in [0.2, 0.25) is 0 Å². The Morgan fingerprint density at radius 1 is 1.05 bits per heavy atom. The van der Waals surface area contributed by atoms with Crippen LogP contribution in [-0.4, -0.2) is 13.4 Å². The van der Waals surface area contributed by atoms with E-state index in [9.17, 15) is 21.6 Å². The number of aromatic nitrogens is 1. The predicted molar refractivity (Wildman–Crippen MR) is 79.2 cm³/mol. The number of pyridine rings is 1. The van der Waals surface area contributed by atoms with Gasteiger partial charge in [-0.3, -0.25) is 4.72 Å². The van der Waals surface area contributed by atoms with E-state index in [1.54, 1.807) is 6.07 Å². The summed E-state index contributed by atoms with van der Waals surface area (Å²) in [5.41, 5.74) is -0.908. The lowest BCUT2D eigenvalue weighted by Gasteiger charge is -2.09. The number of anilines is 1. The van der Waals surface area contributed by atoms with Gasteiger partial charge >= 0.3 is 6.18 Å². The maximum Gasteiger partial charge on any atom is 0.416 e. The van der Waals surface area contributed by atoms with Crippen molar-refractivity contribution in [3.8, 4) is 0 Å². The molecule has 0 unspecified atom stereocenters. The van der Waals surface area contributed by atoms with Crippen molar-refractivity contribution in [2.24, 2.45) is 0 Å². The van der Waals surface area contributed by atoms with E-state index in [1.807, 2.05) is 22.6 Å². The molecule has 0 bridgehead atoms. The van der Waals surface area contributed by atoms with E-state index in [-0.39, 0.29) is 10.7 Å². The number of rotatable bonds is 3. The minimum Gasteiger partial charge on any atom is -0.263 e. The van der Waals surface area contributed by atoms with Gasteiger partial charge in [0.15, 0.2) is 0 Å². The molecule has 2 aromatic rings. The van der Waals surface area contributed by atoms with Crippen LogP contribution in [-0.2, 0) is 16.2 Å². The quantitative estimate of drug-likeness (QED) is 0.762. The molecule has 9 heteroatoms. The van der Waals surface area contributed by atoms with Crippen LogP contribution in [0, 0.1) is 3.57 Å². The summed E-state index contributed by atoms with van der Waals surface area (Å²) in [6.07, 6.45) is -3.04. The molecule has 0 aliphatic carbocycles. The molecule has 0 saturated heterocycles. The van der Waals surface area contributed by atoms with E-state index >= 15 is 0 Å². The molecule has 0 atom stereocenters.